The van der Waals surface area contributed by atoms with E-state index in [0.717, 1.165) is 22.8 Å². The standard InChI is InChI=1S/C13H15BrClNO/c14-12-8-10(9-16-11-3-4-11)2-5-13(12)17-7-1-6-15/h1-2,5-6,8,11,16H,3-4,7,9H2. The lowest BCUT2D eigenvalue weighted by Gasteiger charge is -2.08. The molecule has 0 saturated heterocycles. The topological polar surface area (TPSA) is 21.3 Å². The highest BCUT2D eigenvalue weighted by atomic mass is 79.9. The summed E-state index contributed by atoms with van der Waals surface area (Å²) < 4.78 is 6.51. The van der Waals surface area contributed by atoms with Gasteiger partial charge in [0.1, 0.15) is 12.4 Å². The van der Waals surface area contributed by atoms with E-state index in [1.54, 1.807) is 6.08 Å². The molecule has 4 heteroatoms. The fraction of sp³-hybridized carbons (Fsp3) is 0.385. The molecule has 2 rings (SSSR count). The van der Waals surface area contributed by atoms with Crippen LogP contribution in [0.4, 0.5) is 0 Å². The van der Waals surface area contributed by atoms with Gasteiger partial charge in [0.05, 0.1) is 4.47 Å². The molecule has 0 bridgehead atoms. The van der Waals surface area contributed by atoms with Crippen molar-refractivity contribution >= 4 is 27.5 Å². The SMILES string of the molecule is ClC=CCOc1ccc(CNC2CC2)cc1Br. The molecule has 1 fully saturated rings. The number of benzene rings is 1. The van der Waals surface area contributed by atoms with Crippen LogP contribution in [0, 0.1) is 0 Å². The smallest absolute Gasteiger partial charge is 0.133 e. The minimum absolute atomic E-state index is 0.488. The van der Waals surface area contributed by atoms with Crippen molar-refractivity contribution < 1.29 is 4.74 Å². The number of halogens is 2. The minimum atomic E-state index is 0.488. The first-order chi connectivity index (χ1) is 8.29. The van der Waals surface area contributed by atoms with E-state index < -0.39 is 0 Å². The van der Waals surface area contributed by atoms with Crippen molar-refractivity contribution in [2.45, 2.75) is 25.4 Å². The zero-order valence-corrected chi connectivity index (χ0v) is 11.8. The van der Waals surface area contributed by atoms with Crippen LogP contribution in [-0.4, -0.2) is 12.6 Å². The summed E-state index contributed by atoms with van der Waals surface area (Å²) in [6, 6.07) is 6.89. The first-order valence-electron chi connectivity index (χ1n) is 5.69. The Balaban J connectivity index is 1.90. The third-order valence-electron chi connectivity index (χ3n) is 2.59. The molecule has 92 valence electrons. The van der Waals surface area contributed by atoms with Crippen molar-refractivity contribution in [3.8, 4) is 5.75 Å². The monoisotopic (exact) mass is 315 g/mol. The Morgan fingerprint density at radius 3 is 2.94 bits per heavy atom. The first kappa shape index (κ1) is 12.9. The Morgan fingerprint density at radius 1 is 1.47 bits per heavy atom. The van der Waals surface area contributed by atoms with Gasteiger partial charge in [-0.3, -0.25) is 0 Å². The predicted octanol–water partition coefficient (Wildman–Crippen LogP) is 3.83. The number of nitrogens with one attached hydrogen (secondary N) is 1. The lowest BCUT2D eigenvalue weighted by atomic mass is 10.2. The average molecular weight is 317 g/mol. The van der Waals surface area contributed by atoms with Crippen LogP contribution < -0.4 is 10.1 Å². The van der Waals surface area contributed by atoms with Gasteiger partial charge in [0.15, 0.2) is 0 Å². The highest BCUT2D eigenvalue weighted by Crippen LogP contribution is 2.26. The highest BCUT2D eigenvalue weighted by molar-refractivity contribution is 9.10. The highest BCUT2D eigenvalue weighted by Gasteiger charge is 2.19. The lowest BCUT2D eigenvalue weighted by molar-refractivity contribution is 0.360. The van der Waals surface area contributed by atoms with Crippen molar-refractivity contribution in [3.63, 3.8) is 0 Å². The molecule has 17 heavy (non-hydrogen) atoms. The average Bonchev–Trinajstić information content (AvgIpc) is 3.13. The maximum Gasteiger partial charge on any atom is 0.133 e. The van der Waals surface area contributed by atoms with Gasteiger partial charge in [-0.2, -0.15) is 0 Å². The van der Waals surface area contributed by atoms with Gasteiger partial charge in [-0.1, -0.05) is 17.7 Å². The summed E-state index contributed by atoms with van der Waals surface area (Å²) in [5.74, 6) is 0.843. The molecule has 0 spiro atoms. The van der Waals surface area contributed by atoms with E-state index in [-0.39, 0.29) is 0 Å². The van der Waals surface area contributed by atoms with Crippen LogP contribution in [0.1, 0.15) is 18.4 Å². The van der Waals surface area contributed by atoms with E-state index >= 15 is 0 Å². The number of ether oxygens (including phenoxy) is 1. The van der Waals surface area contributed by atoms with E-state index in [1.165, 1.54) is 23.9 Å². The molecule has 0 aromatic heterocycles. The normalized spacial score (nSPS) is 15.4. The van der Waals surface area contributed by atoms with Gasteiger partial charge in [-0.15, -0.1) is 0 Å². The molecule has 1 aromatic rings. The van der Waals surface area contributed by atoms with Gasteiger partial charge in [0.25, 0.3) is 0 Å². The molecule has 1 N–H and O–H groups in total. The zero-order valence-electron chi connectivity index (χ0n) is 9.46. The summed E-state index contributed by atoms with van der Waals surface area (Å²) in [7, 11) is 0. The van der Waals surface area contributed by atoms with E-state index in [1.807, 2.05) is 6.07 Å². The molecule has 2 nitrogen and oxygen atoms in total. The molecule has 0 atom stereocenters. The van der Waals surface area contributed by atoms with Crippen molar-refractivity contribution in [1.82, 2.24) is 5.32 Å². The predicted molar refractivity (Wildman–Crippen MR) is 74.5 cm³/mol. The van der Waals surface area contributed by atoms with Gasteiger partial charge >= 0.3 is 0 Å². The van der Waals surface area contributed by atoms with Crippen LogP contribution in [0.25, 0.3) is 0 Å². The zero-order chi connectivity index (χ0) is 12.1. The van der Waals surface area contributed by atoms with Crippen LogP contribution in [0.5, 0.6) is 5.75 Å². The van der Waals surface area contributed by atoms with E-state index in [0.29, 0.717) is 6.61 Å². The van der Waals surface area contributed by atoms with Crippen LogP contribution in [0.2, 0.25) is 0 Å². The van der Waals surface area contributed by atoms with Crippen LogP contribution in [0.3, 0.4) is 0 Å². The summed E-state index contributed by atoms with van der Waals surface area (Å²) in [5.41, 5.74) is 2.73. The van der Waals surface area contributed by atoms with Crippen LogP contribution in [0.15, 0.2) is 34.3 Å². The molecule has 0 aliphatic heterocycles. The fourth-order valence-corrected chi connectivity index (χ4v) is 2.11. The Bertz CT molecular complexity index is 404. The van der Waals surface area contributed by atoms with Gasteiger partial charge in [0, 0.05) is 18.1 Å². The summed E-state index contributed by atoms with van der Waals surface area (Å²) in [5, 5.41) is 3.48. The molecular formula is C13H15BrClNO. The molecule has 1 aliphatic rings. The van der Waals surface area contributed by atoms with Crippen molar-refractivity contribution in [1.29, 1.82) is 0 Å². The van der Waals surface area contributed by atoms with E-state index in [2.05, 4.69) is 33.4 Å². The first-order valence-corrected chi connectivity index (χ1v) is 6.92. The summed E-state index contributed by atoms with van der Waals surface area (Å²) in [6.07, 6.45) is 4.39. The van der Waals surface area contributed by atoms with Crippen molar-refractivity contribution in [3.05, 3.63) is 39.8 Å². The largest absolute Gasteiger partial charge is 0.488 e. The summed E-state index contributed by atoms with van der Waals surface area (Å²) in [6.45, 7) is 1.41. The van der Waals surface area contributed by atoms with Crippen molar-refractivity contribution in [2.24, 2.45) is 0 Å². The third kappa shape index (κ3) is 4.34. The second kappa shape index (κ2) is 6.43. The second-order valence-corrected chi connectivity index (χ2v) is 5.20. The van der Waals surface area contributed by atoms with Gasteiger partial charge in [-0.05, 0) is 52.5 Å². The molecule has 0 amide bonds. The fourth-order valence-electron chi connectivity index (χ4n) is 1.50. The Kier molecular flexibility index (Phi) is 4.89. The Hall–Kier alpha value is -0.510. The van der Waals surface area contributed by atoms with Crippen molar-refractivity contribution in [2.75, 3.05) is 6.61 Å². The quantitative estimate of drug-likeness (QED) is 0.861. The minimum Gasteiger partial charge on any atom is -0.488 e. The molecule has 0 radical (unpaired) electrons. The van der Waals surface area contributed by atoms with Gasteiger partial charge in [-0.25, -0.2) is 0 Å². The maximum absolute atomic E-state index is 5.53. The number of rotatable bonds is 6. The molecule has 1 aromatic carbocycles. The van der Waals surface area contributed by atoms with Crippen LogP contribution in [-0.2, 0) is 6.54 Å². The van der Waals surface area contributed by atoms with E-state index in [9.17, 15) is 0 Å². The summed E-state index contributed by atoms with van der Waals surface area (Å²) >= 11 is 8.94. The van der Waals surface area contributed by atoms with Crippen LogP contribution >= 0.6 is 27.5 Å². The second-order valence-electron chi connectivity index (χ2n) is 4.09. The maximum atomic E-state index is 5.53. The lowest BCUT2D eigenvalue weighted by Crippen LogP contribution is -2.15. The Morgan fingerprint density at radius 2 is 2.29 bits per heavy atom. The third-order valence-corrected chi connectivity index (χ3v) is 3.39. The molecule has 1 aliphatic carbocycles. The molecule has 0 unspecified atom stereocenters. The summed E-state index contributed by atoms with van der Waals surface area (Å²) in [4.78, 5) is 0. The Labute approximate surface area is 115 Å². The number of hydrogen-bond acceptors (Lipinski definition) is 2. The molecular weight excluding hydrogens is 302 g/mol. The molecule has 0 heterocycles. The number of hydrogen-bond donors (Lipinski definition) is 1. The van der Waals surface area contributed by atoms with Gasteiger partial charge in [0.2, 0.25) is 0 Å². The van der Waals surface area contributed by atoms with E-state index in [4.69, 9.17) is 16.3 Å². The molecule has 1 saturated carbocycles. The van der Waals surface area contributed by atoms with Gasteiger partial charge < -0.3 is 10.1 Å².